The topological polar surface area (TPSA) is 41.4 Å². The van der Waals surface area contributed by atoms with Gasteiger partial charge in [0.1, 0.15) is 11.5 Å². The first kappa shape index (κ1) is 18.6. The predicted octanol–water partition coefficient (Wildman–Crippen LogP) is 3.12. The van der Waals surface area contributed by atoms with Gasteiger partial charge in [-0.05, 0) is 30.5 Å². The summed E-state index contributed by atoms with van der Waals surface area (Å²) in [6.45, 7) is 12.7. The minimum absolute atomic E-state index is 0.0846. The summed E-state index contributed by atoms with van der Waals surface area (Å²) in [6.07, 6.45) is 0. The Morgan fingerprint density at radius 1 is 1.15 bits per heavy atom. The molecule has 2 aromatic rings. The van der Waals surface area contributed by atoms with Crippen LogP contribution in [0.3, 0.4) is 0 Å². The number of hydrogen-bond donors (Lipinski definition) is 0. The third-order valence-corrected chi connectivity index (χ3v) is 4.54. The summed E-state index contributed by atoms with van der Waals surface area (Å²) in [5, 5.41) is 4.37. The first-order valence-electron chi connectivity index (χ1n) is 9.08. The fourth-order valence-electron chi connectivity index (χ4n) is 3.39. The number of para-hydroxylation sites is 1. The molecule has 2 heterocycles. The zero-order chi connectivity index (χ0) is 18.9. The minimum Gasteiger partial charge on any atom is -0.335 e. The van der Waals surface area contributed by atoms with Crippen molar-refractivity contribution in [3.63, 3.8) is 0 Å². The number of piperazine rings is 1. The van der Waals surface area contributed by atoms with E-state index in [9.17, 15) is 9.18 Å². The van der Waals surface area contributed by atoms with Crippen LogP contribution >= 0.6 is 0 Å². The van der Waals surface area contributed by atoms with Crippen molar-refractivity contribution in [2.24, 2.45) is 5.41 Å². The maximum absolute atomic E-state index is 14.0. The molecule has 5 nitrogen and oxygen atoms in total. The van der Waals surface area contributed by atoms with Gasteiger partial charge in [0.2, 0.25) is 0 Å². The molecule has 1 aliphatic rings. The van der Waals surface area contributed by atoms with Crippen LogP contribution < -0.4 is 0 Å². The highest BCUT2D eigenvalue weighted by Crippen LogP contribution is 2.19. The number of halogens is 1. The number of carbonyl (C=O) groups excluding carboxylic acids is 1. The lowest BCUT2D eigenvalue weighted by Crippen LogP contribution is -2.50. The lowest BCUT2D eigenvalue weighted by molar-refractivity contribution is 0.0586. The van der Waals surface area contributed by atoms with Gasteiger partial charge in [0.25, 0.3) is 5.91 Å². The van der Waals surface area contributed by atoms with Crippen LogP contribution in [0.2, 0.25) is 0 Å². The number of aryl methyl sites for hydroxylation is 1. The Labute approximate surface area is 154 Å². The van der Waals surface area contributed by atoms with Crippen LogP contribution in [0.1, 0.15) is 37.0 Å². The molecule has 1 aliphatic heterocycles. The largest absolute Gasteiger partial charge is 0.335 e. The fourth-order valence-corrected chi connectivity index (χ4v) is 3.39. The monoisotopic (exact) mass is 358 g/mol. The van der Waals surface area contributed by atoms with Gasteiger partial charge in [-0.1, -0.05) is 32.9 Å². The third-order valence-electron chi connectivity index (χ3n) is 4.54. The highest BCUT2D eigenvalue weighted by atomic mass is 19.1. The highest BCUT2D eigenvalue weighted by Gasteiger charge is 2.26. The maximum atomic E-state index is 14.0. The number of hydrogen-bond acceptors (Lipinski definition) is 3. The molecule has 0 N–H and O–H groups in total. The van der Waals surface area contributed by atoms with Crippen molar-refractivity contribution in [3.8, 4) is 5.69 Å². The van der Waals surface area contributed by atoms with Gasteiger partial charge < -0.3 is 4.90 Å². The van der Waals surface area contributed by atoms with E-state index < -0.39 is 0 Å². The molecule has 0 aliphatic carbocycles. The first-order valence-corrected chi connectivity index (χ1v) is 9.08. The van der Waals surface area contributed by atoms with E-state index in [2.05, 4.69) is 30.8 Å². The Bertz CT molecular complexity index is 785. The molecule has 6 heteroatoms. The predicted molar refractivity (Wildman–Crippen MR) is 100 cm³/mol. The Morgan fingerprint density at radius 3 is 2.42 bits per heavy atom. The summed E-state index contributed by atoms with van der Waals surface area (Å²) in [7, 11) is 0. The summed E-state index contributed by atoms with van der Waals surface area (Å²) >= 11 is 0. The van der Waals surface area contributed by atoms with Crippen molar-refractivity contribution in [3.05, 3.63) is 47.5 Å². The fraction of sp³-hybridized carbons (Fsp3) is 0.500. The molecular formula is C20H27FN4O. The smallest absolute Gasteiger partial charge is 0.274 e. The van der Waals surface area contributed by atoms with E-state index in [1.54, 1.807) is 24.3 Å². The Morgan fingerprint density at radius 2 is 1.81 bits per heavy atom. The quantitative estimate of drug-likeness (QED) is 0.846. The van der Waals surface area contributed by atoms with E-state index in [1.165, 1.54) is 10.7 Å². The van der Waals surface area contributed by atoms with Crippen LogP contribution in [0.5, 0.6) is 0 Å². The lowest BCUT2D eigenvalue weighted by Gasteiger charge is -2.37. The van der Waals surface area contributed by atoms with Crippen molar-refractivity contribution < 1.29 is 9.18 Å². The molecule has 0 radical (unpaired) electrons. The van der Waals surface area contributed by atoms with Gasteiger partial charge in [0, 0.05) is 38.4 Å². The van der Waals surface area contributed by atoms with Gasteiger partial charge in [-0.2, -0.15) is 5.10 Å². The molecule has 0 saturated carbocycles. The average molecular weight is 358 g/mol. The van der Waals surface area contributed by atoms with Crippen LogP contribution in [0.4, 0.5) is 4.39 Å². The van der Waals surface area contributed by atoms with Crippen molar-refractivity contribution in [1.82, 2.24) is 19.6 Å². The normalized spacial score (nSPS) is 16.1. The van der Waals surface area contributed by atoms with Crippen molar-refractivity contribution in [2.45, 2.75) is 27.7 Å². The molecule has 0 atom stereocenters. The molecule has 1 aromatic carbocycles. The molecule has 3 rings (SSSR count). The van der Waals surface area contributed by atoms with E-state index in [0.717, 1.165) is 25.3 Å². The molecule has 1 amide bonds. The summed E-state index contributed by atoms with van der Waals surface area (Å²) in [4.78, 5) is 17.0. The molecule has 0 spiro atoms. The van der Waals surface area contributed by atoms with Crippen LogP contribution in [0, 0.1) is 18.2 Å². The second kappa shape index (κ2) is 7.19. The summed E-state index contributed by atoms with van der Waals surface area (Å²) in [5.74, 6) is -0.438. The molecule has 1 aromatic heterocycles. The number of amides is 1. The van der Waals surface area contributed by atoms with Gasteiger partial charge in [-0.25, -0.2) is 9.07 Å². The van der Waals surface area contributed by atoms with E-state index in [0.29, 0.717) is 24.5 Å². The summed E-state index contributed by atoms with van der Waals surface area (Å²) in [5.41, 5.74) is 1.72. The highest BCUT2D eigenvalue weighted by molar-refractivity contribution is 5.92. The molecule has 26 heavy (non-hydrogen) atoms. The van der Waals surface area contributed by atoms with Crippen molar-refractivity contribution in [1.29, 1.82) is 0 Å². The minimum atomic E-state index is -0.353. The van der Waals surface area contributed by atoms with Crippen molar-refractivity contribution in [2.75, 3.05) is 32.7 Å². The molecular weight excluding hydrogens is 331 g/mol. The van der Waals surface area contributed by atoms with Crippen LogP contribution in [0.25, 0.3) is 5.69 Å². The number of rotatable bonds is 3. The van der Waals surface area contributed by atoms with Gasteiger partial charge in [0.15, 0.2) is 5.69 Å². The second-order valence-corrected chi connectivity index (χ2v) is 8.16. The van der Waals surface area contributed by atoms with Crippen LogP contribution in [0.15, 0.2) is 30.3 Å². The van der Waals surface area contributed by atoms with Gasteiger partial charge in [-0.15, -0.1) is 0 Å². The Hall–Kier alpha value is -2.21. The number of aromatic nitrogens is 2. The molecule has 1 saturated heterocycles. The third kappa shape index (κ3) is 4.12. The zero-order valence-electron chi connectivity index (χ0n) is 16.0. The molecule has 0 unspecified atom stereocenters. The zero-order valence-corrected chi connectivity index (χ0v) is 16.0. The van der Waals surface area contributed by atoms with Crippen LogP contribution in [-0.4, -0.2) is 58.2 Å². The summed E-state index contributed by atoms with van der Waals surface area (Å²) < 4.78 is 15.5. The van der Waals surface area contributed by atoms with Crippen molar-refractivity contribution >= 4 is 5.91 Å². The number of nitrogens with zero attached hydrogens (tertiary/aromatic N) is 4. The molecule has 140 valence electrons. The molecule has 0 bridgehead atoms. The standard InChI is InChI=1S/C20H27FN4O/c1-15-13-17(22-25(15)18-8-6-5-7-16(18)21)19(26)24-11-9-23(10-12-24)14-20(2,3)4/h5-8,13H,9-12,14H2,1-4H3. The Kier molecular flexibility index (Phi) is 5.14. The van der Waals surface area contributed by atoms with E-state index in [4.69, 9.17) is 0 Å². The second-order valence-electron chi connectivity index (χ2n) is 8.16. The number of benzene rings is 1. The van der Waals surface area contributed by atoms with Gasteiger partial charge in [-0.3, -0.25) is 9.69 Å². The average Bonchev–Trinajstić information content (AvgIpc) is 2.95. The number of carbonyl (C=O) groups is 1. The van der Waals surface area contributed by atoms with E-state index in [-0.39, 0.29) is 17.1 Å². The van der Waals surface area contributed by atoms with Gasteiger partial charge >= 0.3 is 0 Å². The van der Waals surface area contributed by atoms with Gasteiger partial charge in [0.05, 0.1) is 0 Å². The maximum Gasteiger partial charge on any atom is 0.274 e. The first-order chi connectivity index (χ1) is 12.2. The van der Waals surface area contributed by atoms with E-state index in [1.807, 2.05) is 11.8 Å². The van der Waals surface area contributed by atoms with E-state index >= 15 is 0 Å². The summed E-state index contributed by atoms with van der Waals surface area (Å²) in [6, 6.07) is 8.19. The lowest BCUT2D eigenvalue weighted by atomic mass is 9.96. The molecule has 1 fully saturated rings. The van der Waals surface area contributed by atoms with Crippen LogP contribution in [-0.2, 0) is 0 Å². The Balaban J connectivity index is 1.70. The SMILES string of the molecule is Cc1cc(C(=O)N2CCN(CC(C)(C)C)CC2)nn1-c1ccccc1F.